The molecule has 0 saturated carbocycles. The van der Waals surface area contributed by atoms with Crippen molar-refractivity contribution in [2.45, 2.75) is 18.5 Å². The lowest BCUT2D eigenvalue weighted by Crippen LogP contribution is -2.48. The van der Waals surface area contributed by atoms with Gasteiger partial charge in [-0.1, -0.05) is 48.5 Å². The minimum absolute atomic E-state index is 0.233. The number of carbonyl (C=O) groups excluding carboxylic acids is 3. The SMILES string of the molecule is NCCN(CCN)C(=O)C[C@H](N)C(=O)NC(C(=O)Nc1cnc2ccccc2c1)c1ccccc1. The first-order valence-corrected chi connectivity index (χ1v) is 11.4. The zero-order valence-electron chi connectivity index (χ0n) is 19.4. The molecule has 1 aromatic heterocycles. The fourth-order valence-corrected chi connectivity index (χ4v) is 3.63. The average Bonchev–Trinajstić information content (AvgIpc) is 2.87. The number of amides is 3. The molecular weight excluding hydrogens is 446 g/mol. The molecule has 2 atom stereocenters. The van der Waals surface area contributed by atoms with Crippen LogP contribution in [-0.2, 0) is 14.4 Å². The normalized spacial score (nSPS) is 12.5. The van der Waals surface area contributed by atoms with E-state index >= 15 is 0 Å². The molecule has 0 aliphatic rings. The Bertz CT molecular complexity index is 1150. The van der Waals surface area contributed by atoms with E-state index in [1.54, 1.807) is 42.6 Å². The number of para-hydroxylation sites is 1. The Morgan fingerprint density at radius 1 is 0.914 bits per heavy atom. The van der Waals surface area contributed by atoms with Gasteiger partial charge in [0.15, 0.2) is 0 Å². The van der Waals surface area contributed by atoms with Gasteiger partial charge in [0.2, 0.25) is 11.8 Å². The molecule has 184 valence electrons. The minimum Gasteiger partial charge on any atom is -0.340 e. The van der Waals surface area contributed by atoms with Crippen LogP contribution in [0.4, 0.5) is 5.69 Å². The van der Waals surface area contributed by atoms with Crippen LogP contribution < -0.4 is 27.8 Å². The largest absolute Gasteiger partial charge is 0.340 e. The molecular formula is C25H31N7O3. The van der Waals surface area contributed by atoms with E-state index in [4.69, 9.17) is 17.2 Å². The molecule has 10 heteroatoms. The average molecular weight is 478 g/mol. The van der Waals surface area contributed by atoms with Crippen LogP contribution in [0.3, 0.4) is 0 Å². The van der Waals surface area contributed by atoms with Crippen LogP contribution in [-0.4, -0.2) is 59.8 Å². The minimum atomic E-state index is -1.15. The number of hydrogen-bond acceptors (Lipinski definition) is 7. The molecule has 0 spiro atoms. The van der Waals surface area contributed by atoms with Crippen molar-refractivity contribution in [1.82, 2.24) is 15.2 Å². The monoisotopic (exact) mass is 477 g/mol. The molecule has 2 aromatic carbocycles. The predicted octanol–water partition coefficient (Wildman–Crippen LogP) is 0.494. The third-order valence-electron chi connectivity index (χ3n) is 5.42. The maximum Gasteiger partial charge on any atom is 0.251 e. The van der Waals surface area contributed by atoms with E-state index in [0.29, 0.717) is 24.3 Å². The van der Waals surface area contributed by atoms with Gasteiger partial charge in [0, 0.05) is 31.6 Å². The Hall–Kier alpha value is -3.86. The van der Waals surface area contributed by atoms with E-state index in [9.17, 15) is 14.4 Å². The molecule has 1 unspecified atom stereocenters. The molecule has 0 aliphatic carbocycles. The number of nitrogens with zero attached hydrogens (tertiary/aromatic N) is 2. The molecule has 3 amide bonds. The summed E-state index contributed by atoms with van der Waals surface area (Å²) in [7, 11) is 0. The summed E-state index contributed by atoms with van der Waals surface area (Å²) < 4.78 is 0. The first kappa shape index (κ1) is 25.8. The molecule has 0 saturated heterocycles. The third kappa shape index (κ3) is 7.06. The summed E-state index contributed by atoms with van der Waals surface area (Å²) in [5.41, 5.74) is 19.0. The fraction of sp³-hybridized carbons (Fsp3) is 0.280. The Labute approximate surface area is 203 Å². The van der Waals surface area contributed by atoms with E-state index in [0.717, 1.165) is 10.9 Å². The number of benzene rings is 2. The van der Waals surface area contributed by atoms with Crippen LogP contribution in [0.1, 0.15) is 18.0 Å². The number of nitrogens with two attached hydrogens (primary N) is 3. The summed E-state index contributed by atoms with van der Waals surface area (Å²) >= 11 is 0. The summed E-state index contributed by atoms with van der Waals surface area (Å²) in [6, 6.07) is 15.9. The highest BCUT2D eigenvalue weighted by Gasteiger charge is 2.27. The molecule has 3 rings (SSSR count). The van der Waals surface area contributed by atoms with Gasteiger partial charge in [-0.05, 0) is 17.7 Å². The Morgan fingerprint density at radius 3 is 2.26 bits per heavy atom. The number of pyridine rings is 1. The quantitative estimate of drug-likeness (QED) is 0.268. The van der Waals surface area contributed by atoms with Gasteiger partial charge in [-0.25, -0.2) is 0 Å². The molecule has 0 bridgehead atoms. The molecule has 1 heterocycles. The van der Waals surface area contributed by atoms with Crippen LogP contribution in [0.15, 0.2) is 66.9 Å². The van der Waals surface area contributed by atoms with Crippen molar-refractivity contribution >= 4 is 34.3 Å². The highest BCUT2D eigenvalue weighted by atomic mass is 16.2. The molecule has 0 radical (unpaired) electrons. The highest BCUT2D eigenvalue weighted by molar-refractivity contribution is 6.00. The Kier molecular flexibility index (Phi) is 9.24. The Balaban J connectivity index is 1.73. The van der Waals surface area contributed by atoms with Crippen molar-refractivity contribution in [3.05, 3.63) is 72.4 Å². The predicted molar refractivity (Wildman–Crippen MR) is 135 cm³/mol. The van der Waals surface area contributed by atoms with Crippen molar-refractivity contribution in [3.8, 4) is 0 Å². The first-order chi connectivity index (χ1) is 16.9. The van der Waals surface area contributed by atoms with E-state index in [-0.39, 0.29) is 25.4 Å². The smallest absolute Gasteiger partial charge is 0.251 e. The van der Waals surface area contributed by atoms with Crippen LogP contribution >= 0.6 is 0 Å². The summed E-state index contributed by atoms with van der Waals surface area (Å²) in [6.45, 7) is 1.18. The molecule has 0 aliphatic heterocycles. The number of carbonyl (C=O) groups is 3. The fourth-order valence-electron chi connectivity index (χ4n) is 3.63. The zero-order chi connectivity index (χ0) is 25.2. The number of hydrogen-bond donors (Lipinski definition) is 5. The molecule has 3 aromatic rings. The lowest BCUT2D eigenvalue weighted by Gasteiger charge is -2.24. The summed E-state index contributed by atoms with van der Waals surface area (Å²) in [5, 5.41) is 6.36. The van der Waals surface area contributed by atoms with Crippen LogP contribution in [0, 0.1) is 0 Å². The standard InChI is InChI=1S/C25H31N7O3/c26-10-12-32(13-11-27)22(33)15-20(28)24(34)31-23(17-6-2-1-3-7-17)25(35)30-19-14-18-8-4-5-9-21(18)29-16-19/h1-9,14,16,20,23H,10-13,15,26-28H2,(H,30,35)(H,31,34)/t20-,23?/m0/s1. The second kappa shape index (κ2) is 12.6. The van der Waals surface area contributed by atoms with Gasteiger partial charge >= 0.3 is 0 Å². The van der Waals surface area contributed by atoms with Crippen molar-refractivity contribution < 1.29 is 14.4 Å². The molecule has 10 nitrogen and oxygen atoms in total. The van der Waals surface area contributed by atoms with Gasteiger partial charge in [-0.3, -0.25) is 19.4 Å². The maximum atomic E-state index is 13.2. The summed E-state index contributed by atoms with van der Waals surface area (Å²) in [6.07, 6.45) is 1.32. The lowest BCUT2D eigenvalue weighted by atomic mass is 10.0. The second-order valence-electron chi connectivity index (χ2n) is 8.03. The van der Waals surface area contributed by atoms with Gasteiger partial charge in [0.25, 0.3) is 5.91 Å². The highest BCUT2D eigenvalue weighted by Crippen LogP contribution is 2.19. The molecule has 0 fully saturated rings. The van der Waals surface area contributed by atoms with Gasteiger partial charge in [0.1, 0.15) is 6.04 Å². The van der Waals surface area contributed by atoms with E-state index < -0.39 is 23.9 Å². The van der Waals surface area contributed by atoms with Gasteiger partial charge in [-0.15, -0.1) is 0 Å². The lowest BCUT2D eigenvalue weighted by molar-refractivity contribution is -0.134. The zero-order valence-corrected chi connectivity index (χ0v) is 19.4. The molecule has 8 N–H and O–H groups in total. The number of nitrogens with one attached hydrogen (secondary N) is 2. The van der Waals surface area contributed by atoms with Gasteiger partial charge in [0.05, 0.1) is 29.9 Å². The van der Waals surface area contributed by atoms with E-state index in [2.05, 4.69) is 15.6 Å². The Morgan fingerprint density at radius 2 is 1.57 bits per heavy atom. The summed E-state index contributed by atoms with van der Waals surface area (Å²) in [4.78, 5) is 44.5. The second-order valence-corrected chi connectivity index (χ2v) is 8.03. The number of rotatable bonds is 11. The van der Waals surface area contributed by atoms with Crippen molar-refractivity contribution in [3.63, 3.8) is 0 Å². The van der Waals surface area contributed by atoms with Crippen LogP contribution in [0.25, 0.3) is 10.9 Å². The third-order valence-corrected chi connectivity index (χ3v) is 5.42. The van der Waals surface area contributed by atoms with Crippen molar-refractivity contribution in [2.75, 3.05) is 31.5 Å². The van der Waals surface area contributed by atoms with E-state index in [1.165, 1.54) is 4.90 Å². The first-order valence-electron chi connectivity index (χ1n) is 11.4. The van der Waals surface area contributed by atoms with Crippen LogP contribution in [0.2, 0.25) is 0 Å². The van der Waals surface area contributed by atoms with Crippen molar-refractivity contribution in [2.24, 2.45) is 17.2 Å². The van der Waals surface area contributed by atoms with E-state index in [1.807, 2.05) is 24.3 Å². The number of fused-ring (bicyclic) bond motifs is 1. The number of anilines is 1. The van der Waals surface area contributed by atoms with Crippen molar-refractivity contribution in [1.29, 1.82) is 0 Å². The molecule has 35 heavy (non-hydrogen) atoms. The maximum absolute atomic E-state index is 13.2. The van der Waals surface area contributed by atoms with Gasteiger partial charge in [-0.2, -0.15) is 0 Å². The topological polar surface area (TPSA) is 169 Å². The summed E-state index contributed by atoms with van der Waals surface area (Å²) in [5.74, 6) is -1.42. The van der Waals surface area contributed by atoms with Gasteiger partial charge < -0.3 is 32.7 Å². The van der Waals surface area contributed by atoms with Crippen LogP contribution in [0.5, 0.6) is 0 Å². The number of aromatic nitrogens is 1.